The smallest absolute Gasteiger partial charge is 0.180 e. The maximum Gasteiger partial charge on any atom is 0.180 e. The third kappa shape index (κ3) is 4.09. The Kier molecular flexibility index (Phi) is 5.08. The standard InChI is InChI=1S/C12H18FNO2S/c1-3-11(14-4-2)9-17(15,16)12-7-5-6-10(13)8-12/h5-8,11,14H,3-4,9H2,1-2H3. The van der Waals surface area contributed by atoms with Crippen LogP contribution in [0.1, 0.15) is 20.3 Å². The van der Waals surface area contributed by atoms with E-state index in [-0.39, 0.29) is 16.7 Å². The van der Waals surface area contributed by atoms with Gasteiger partial charge in [-0.25, -0.2) is 12.8 Å². The number of halogens is 1. The van der Waals surface area contributed by atoms with Crippen LogP contribution in [0.25, 0.3) is 0 Å². The molecule has 1 aromatic carbocycles. The van der Waals surface area contributed by atoms with Crippen molar-refractivity contribution in [3.63, 3.8) is 0 Å². The van der Waals surface area contributed by atoms with Crippen LogP contribution in [0.15, 0.2) is 29.2 Å². The molecule has 1 unspecified atom stereocenters. The molecular formula is C12H18FNO2S. The Morgan fingerprint density at radius 1 is 1.35 bits per heavy atom. The minimum absolute atomic E-state index is 0.000787. The van der Waals surface area contributed by atoms with Crippen molar-refractivity contribution < 1.29 is 12.8 Å². The Hall–Kier alpha value is -0.940. The van der Waals surface area contributed by atoms with Crippen molar-refractivity contribution in [2.24, 2.45) is 0 Å². The fraction of sp³-hybridized carbons (Fsp3) is 0.500. The van der Waals surface area contributed by atoms with E-state index in [9.17, 15) is 12.8 Å². The van der Waals surface area contributed by atoms with Crippen LogP contribution in [0.3, 0.4) is 0 Å². The molecule has 1 atom stereocenters. The summed E-state index contributed by atoms with van der Waals surface area (Å²) in [5.41, 5.74) is 0. The molecule has 0 saturated heterocycles. The summed E-state index contributed by atoms with van der Waals surface area (Å²) < 4.78 is 37.0. The van der Waals surface area contributed by atoms with Crippen LogP contribution in [-0.2, 0) is 9.84 Å². The van der Waals surface area contributed by atoms with Crippen molar-refractivity contribution in [1.29, 1.82) is 0 Å². The predicted molar refractivity (Wildman–Crippen MR) is 66.2 cm³/mol. The van der Waals surface area contributed by atoms with Crippen molar-refractivity contribution in [3.05, 3.63) is 30.1 Å². The van der Waals surface area contributed by atoms with E-state index < -0.39 is 15.7 Å². The van der Waals surface area contributed by atoms with Crippen molar-refractivity contribution in [2.45, 2.75) is 31.2 Å². The van der Waals surface area contributed by atoms with E-state index in [4.69, 9.17) is 0 Å². The molecule has 0 spiro atoms. The highest BCUT2D eigenvalue weighted by Gasteiger charge is 2.19. The topological polar surface area (TPSA) is 46.2 Å². The number of hydrogen-bond acceptors (Lipinski definition) is 3. The van der Waals surface area contributed by atoms with E-state index in [1.54, 1.807) is 0 Å². The van der Waals surface area contributed by atoms with E-state index in [1.165, 1.54) is 18.2 Å². The quantitative estimate of drug-likeness (QED) is 0.850. The van der Waals surface area contributed by atoms with Gasteiger partial charge < -0.3 is 5.32 Å². The van der Waals surface area contributed by atoms with Crippen LogP contribution in [0, 0.1) is 5.82 Å². The van der Waals surface area contributed by atoms with Gasteiger partial charge in [-0.2, -0.15) is 0 Å². The normalized spacial score (nSPS) is 13.6. The lowest BCUT2D eigenvalue weighted by molar-refractivity contribution is 0.533. The zero-order chi connectivity index (χ0) is 12.9. The average molecular weight is 259 g/mol. The van der Waals surface area contributed by atoms with Crippen LogP contribution in [-0.4, -0.2) is 26.8 Å². The van der Waals surface area contributed by atoms with Gasteiger partial charge in [0.2, 0.25) is 0 Å². The van der Waals surface area contributed by atoms with Crippen LogP contribution < -0.4 is 5.32 Å². The maximum atomic E-state index is 13.0. The second-order valence-electron chi connectivity index (χ2n) is 3.90. The number of nitrogens with one attached hydrogen (secondary N) is 1. The summed E-state index contributed by atoms with van der Waals surface area (Å²) in [5, 5.41) is 3.10. The Morgan fingerprint density at radius 2 is 2.06 bits per heavy atom. The zero-order valence-electron chi connectivity index (χ0n) is 10.1. The molecule has 0 saturated carbocycles. The summed E-state index contributed by atoms with van der Waals surface area (Å²) in [6.07, 6.45) is 0.725. The van der Waals surface area contributed by atoms with E-state index in [1.807, 2.05) is 13.8 Å². The maximum absolute atomic E-state index is 13.0. The monoisotopic (exact) mass is 259 g/mol. The molecule has 0 aliphatic heterocycles. The molecule has 0 heterocycles. The van der Waals surface area contributed by atoms with Crippen molar-refractivity contribution in [1.82, 2.24) is 5.32 Å². The first-order chi connectivity index (χ1) is 7.99. The highest BCUT2D eigenvalue weighted by molar-refractivity contribution is 7.91. The minimum atomic E-state index is -3.42. The molecule has 3 nitrogen and oxygen atoms in total. The van der Waals surface area contributed by atoms with Gasteiger partial charge in [-0.15, -0.1) is 0 Å². The molecule has 1 N–H and O–H groups in total. The van der Waals surface area contributed by atoms with E-state index >= 15 is 0 Å². The van der Waals surface area contributed by atoms with Gasteiger partial charge in [-0.3, -0.25) is 0 Å². The molecule has 0 radical (unpaired) electrons. The number of benzene rings is 1. The first-order valence-electron chi connectivity index (χ1n) is 5.71. The molecule has 1 rings (SSSR count). The number of hydrogen-bond donors (Lipinski definition) is 1. The molecular weight excluding hydrogens is 241 g/mol. The Labute approximate surface area is 102 Å². The highest BCUT2D eigenvalue weighted by atomic mass is 32.2. The van der Waals surface area contributed by atoms with Crippen LogP contribution in [0.5, 0.6) is 0 Å². The van der Waals surface area contributed by atoms with Gasteiger partial charge in [-0.05, 0) is 31.2 Å². The van der Waals surface area contributed by atoms with Gasteiger partial charge in [0.25, 0.3) is 0 Å². The number of rotatable bonds is 6. The number of sulfone groups is 1. The third-order valence-corrected chi connectivity index (χ3v) is 4.37. The summed E-state index contributed by atoms with van der Waals surface area (Å²) in [6, 6.07) is 5.05. The molecule has 0 aliphatic rings. The van der Waals surface area contributed by atoms with Gasteiger partial charge in [0, 0.05) is 6.04 Å². The van der Waals surface area contributed by atoms with Crippen LogP contribution in [0.2, 0.25) is 0 Å². The second kappa shape index (κ2) is 6.12. The first-order valence-corrected chi connectivity index (χ1v) is 7.36. The minimum Gasteiger partial charge on any atom is -0.313 e. The molecule has 17 heavy (non-hydrogen) atoms. The SMILES string of the molecule is CCNC(CC)CS(=O)(=O)c1cccc(F)c1. The Morgan fingerprint density at radius 3 is 2.59 bits per heavy atom. The van der Waals surface area contributed by atoms with Crippen LogP contribution >= 0.6 is 0 Å². The van der Waals surface area contributed by atoms with E-state index in [0.29, 0.717) is 0 Å². The fourth-order valence-corrected chi connectivity index (χ4v) is 3.29. The van der Waals surface area contributed by atoms with Crippen molar-refractivity contribution in [2.75, 3.05) is 12.3 Å². The average Bonchev–Trinajstić information content (AvgIpc) is 2.28. The lowest BCUT2D eigenvalue weighted by atomic mass is 10.2. The van der Waals surface area contributed by atoms with Crippen LogP contribution in [0.4, 0.5) is 4.39 Å². The van der Waals surface area contributed by atoms with Gasteiger partial charge in [0.05, 0.1) is 10.6 Å². The Bertz CT molecular complexity index is 459. The summed E-state index contributed by atoms with van der Waals surface area (Å²) >= 11 is 0. The molecule has 0 amide bonds. The molecule has 0 fully saturated rings. The molecule has 0 aromatic heterocycles. The largest absolute Gasteiger partial charge is 0.313 e. The van der Waals surface area contributed by atoms with Gasteiger partial charge in [0.15, 0.2) is 9.84 Å². The summed E-state index contributed by atoms with van der Waals surface area (Å²) in [7, 11) is -3.42. The lowest BCUT2D eigenvalue weighted by Gasteiger charge is -2.15. The highest BCUT2D eigenvalue weighted by Crippen LogP contribution is 2.14. The zero-order valence-corrected chi connectivity index (χ0v) is 10.9. The molecule has 0 aliphatic carbocycles. The van der Waals surface area contributed by atoms with E-state index in [0.717, 1.165) is 19.0 Å². The van der Waals surface area contributed by atoms with Crippen molar-refractivity contribution >= 4 is 9.84 Å². The first kappa shape index (κ1) is 14.1. The fourth-order valence-electron chi connectivity index (χ4n) is 1.63. The Balaban J connectivity index is 2.88. The van der Waals surface area contributed by atoms with Gasteiger partial charge >= 0.3 is 0 Å². The molecule has 5 heteroatoms. The van der Waals surface area contributed by atoms with Crippen molar-refractivity contribution in [3.8, 4) is 0 Å². The summed E-state index contributed by atoms with van der Waals surface area (Å²) in [6.45, 7) is 4.57. The molecule has 1 aromatic rings. The van der Waals surface area contributed by atoms with Gasteiger partial charge in [0.1, 0.15) is 5.82 Å². The lowest BCUT2D eigenvalue weighted by Crippen LogP contribution is -2.35. The second-order valence-corrected chi connectivity index (χ2v) is 5.94. The summed E-state index contributed by atoms with van der Waals surface area (Å²) in [4.78, 5) is 0.0499. The predicted octanol–water partition coefficient (Wildman–Crippen LogP) is 1.99. The molecule has 0 bridgehead atoms. The summed E-state index contributed by atoms with van der Waals surface area (Å²) in [5.74, 6) is -0.525. The third-order valence-electron chi connectivity index (χ3n) is 2.56. The van der Waals surface area contributed by atoms with Gasteiger partial charge in [-0.1, -0.05) is 19.9 Å². The molecule has 96 valence electrons. The van der Waals surface area contributed by atoms with E-state index in [2.05, 4.69) is 5.32 Å².